The van der Waals surface area contributed by atoms with E-state index in [0.717, 1.165) is 16.3 Å². The number of hydrogen-bond acceptors (Lipinski definition) is 7. The average molecular weight is 437 g/mol. The highest BCUT2D eigenvalue weighted by Crippen LogP contribution is 2.38. The van der Waals surface area contributed by atoms with Gasteiger partial charge >= 0.3 is 0 Å². The summed E-state index contributed by atoms with van der Waals surface area (Å²) in [6.07, 6.45) is -1.41. The van der Waals surface area contributed by atoms with Gasteiger partial charge in [0.2, 0.25) is 11.8 Å². The molecule has 4 rings (SSSR count). The Balaban J connectivity index is 1.73. The van der Waals surface area contributed by atoms with Crippen LogP contribution in [0, 0.1) is 6.92 Å². The molecule has 4 aromatic rings. The van der Waals surface area contributed by atoms with Crippen LogP contribution in [-0.4, -0.2) is 39.1 Å². The fourth-order valence-electron chi connectivity index (χ4n) is 3.32. The first-order valence-electron chi connectivity index (χ1n) is 9.88. The molecule has 164 valence electrons. The van der Waals surface area contributed by atoms with Crippen molar-refractivity contribution in [2.45, 2.75) is 19.5 Å². The predicted octanol–water partition coefficient (Wildman–Crippen LogP) is 4.41. The topological polar surface area (TPSA) is 106 Å². The molecular formula is C23H21F2N5O2. The van der Waals surface area contributed by atoms with Crippen molar-refractivity contribution >= 4 is 22.4 Å². The molecule has 0 amide bonds. The SMILES string of the molecule is Cc1ccc2c(NCC(O)C(F)F)cccc2c1Oc1ncccc1-c1ccnc(N)n1. The van der Waals surface area contributed by atoms with Crippen LogP contribution in [0.15, 0.2) is 60.9 Å². The van der Waals surface area contributed by atoms with Gasteiger partial charge in [0.1, 0.15) is 11.9 Å². The lowest BCUT2D eigenvalue weighted by molar-refractivity contribution is 0.00386. The van der Waals surface area contributed by atoms with Crippen LogP contribution in [0.2, 0.25) is 0 Å². The highest BCUT2D eigenvalue weighted by atomic mass is 19.3. The van der Waals surface area contributed by atoms with Crippen LogP contribution in [0.5, 0.6) is 11.6 Å². The third-order valence-electron chi connectivity index (χ3n) is 4.92. The second-order valence-corrected chi connectivity index (χ2v) is 7.15. The molecule has 7 nitrogen and oxygen atoms in total. The van der Waals surface area contributed by atoms with Gasteiger partial charge in [-0.3, -0.25) is 0 Å². The second kappa shape index (κ2) is 9.11. The van der Waals surface area contributed by atoms with Crippen LogP contribution >= 0.6 is 0 Å². The van der Waals surface area contributed by atoms with Gasteiger partial charge in [0.15, 0.2) is 0 Å². The minimum Gasteiger partial charge on any atom is -0.437 e. The van der Waals surface area contributed by atoms with Crippen LogP contribution in [-0.2, 0) is 0 Å². The number of pyridine rings is 1. The molecule has 0 spiro atoms. The van der Waals surface area contributed by atoms with E-state index < -0.39 is 12.5 Å². The minimum absolute atomic E-state index is 0.139. The maximum atomic E-state index is 12.7. The largest absolute Gasteiger partial charge is 0.437 e. The number of nitrogens with one attached hydrogen (secondary N) is 1. The quantitative estimate of drug-likeness (QED) is 0.393. The number of aromatic nitrogens is 3. The average Bonchev–Trinajstić information content (AvgIpc) is 2.79. The van der Waals surface area contributed by atoms with Crippen LogP contribution in [0.4, 0.5) is 20.4 Å². The standard InChI is InChI=1S/C23H21F2N5O2/c1-13-7-8-14-15(4-2-6-17(14)29-12-19(31)21(24)25)20(13)32-22-16(5-3-10-27-22)18-9-11-28-23(26)30-18/h2-11,19,21,29,31H,12H2,1H3,(H2,26,28,30). The van der Waals surface area contributed by atoms with Gasteiger partial charge in [0.05, 0.1) is 11.3 Å². The van der Waals surface area contributed by atoms with E-state index in [1.54, 1.807) is 36.7 Å². The monoisotopic (exact) mass is 437 g/mol. The molecule has 0 bridgehead atoms. The van der Waals surface area contributed by atoms with Gasteiger partial charge < -0.3 is 20.9 Å². The summed E-state index contributed by atoms with van der Waals surface area (Å²) in [5.74, 6) is 1.05. The zero-order valence-corrected chi connectivity index (χ0v) is 17.2. The van der Waals surface area contributed by atoms with E-state index in [1.807, 2.05) is 31.2 Å². The van der Waals surface area contributed by atoms with Crippen molar-refractivity contribution in [1.29, 1.82) is 0 Å². The molecule has 0 radical (unpaired) electrons. The molecule has 0 saturated carbocycles. The predicted molar refractivity (Wildman–Crippen MR) is 119 cm³/mol. The first kappa shape index (κ1) is 21.4. The molecule has 0 aliphatic heterocycles. The number of nitrogens with two attached hydrogens (primary N) is 1. The molecule has 1 atom stereocenters. The van der Waals surface area contributed by atoms with E-state index >= 15 is 0 Å². The number of nitrogens with zero attached hydrogens (tertiary/aromatic N) is 3. The number of nitrogen functional groups attached to an aromatic ring is 1. The van der Waals surface area contributed by atoms with Gasteiger partial charge in [-0.2, -0.15) is 0 Å². The number of alkyl halides is 2. The molecule has 4 N–H and O–H groups in total. The van der Waals surface area contributed by atoms with Crippen molar-refractivity contribution in [3.05, 3.63) is 66.5 Å². The Bertz CT molecular complexity index is 1250. The summed E-state index contributed by atoms with van der Waals surface area (Å²) in [5, 5.41) is 13.9. The third kappa shape index (κ3) is 4.42. The van der Waals surface area contributed by atoms with Crippen molar-refractivity contribution in [3.63, 3.8) is 0 Å². The number of benzene rings is 2. The van der Waals surface area contributed by atoms with E-state index in [4.69, 9.17) is 10.5 Å². The first-order chi connectivity index (χ1) is 15.4. The van der Waals surface area contributed by atoms with Crippen LogP contribution in [0.1, 0.15) is 5.56 Å². The molecule has 1 unspecified atom stereocenters. The van der Waals surface area contributed by atoms with Crippen molar-refractivity contribution in [3.8, 4) is 22.9 Å². The first-order valence-corrected chi connectivity index (χ1v) is 9.88. The minimum atomic E-state index is -2.82. The van der Waals surface area contributed by atoms with E-state index in [2.05, 4.69) is 20.3 Å². The van der Waals surface area contributed by atoms with Crippen molar-refractivity contribution in [1.82, 2.24) is 15.0 Å². The summed E-state index contributed by atoms with van der Waals surface area (Å²) in [6, 6.07) is 14.5. The number of rotatable bonds is 7. The number of anilines is 2. The fourth-order valence-corrected chi connectivity index (χ4v) is 3.32. The number of ether oxygens (including phenoxy) is 1. The van der Waals surface area contributed by atoms with Gasteiger partial charge in [-0.25, -0.2) is 23.7 Å². The zero-order valence-electron chi connectivity index (χ0n) is 17.2. The molecular weight excluding hydrogens is 416 g/mol. The van der Waals surface area contributed by atoms with Gasteiger partial charge in [0.25, 0.3) is 6.43 Å². The van der Waals surface area contributed by atoms with E-state index in [9.17, 15) is 13.9 Å². The van der Waals surface area contributed by atoms with Crippen LogP contribution < -0.4 is 15.8 Å². The summed E-state index contributed by atoms with van der Waals surface area (Å²) in [4.78, 5) is 12.5. The number of fused-ring (bicyclic) bond motifs is 1. The normalized spacial score (nSPS) is 12.2. The molecule has 32 heavy (non-hydrogen) atoms. The van der Waals surface area contributed by atoms with Gasteiger partial charge in [-0.05, 0) is 36.8 Å². The molecule has 0 aliphatic rings. The Morgan fingerprint density at radius 1 is 1.03 bits per heavy atom. The molecule has 2 aromatic carbocycles. The lowest BCUT2D eigenvalue weighted by Gasteiger charge is -2.17. The molecule has 9 heteroatoms. The third-order valence-corrected chi connectivity index (χ3v) is 4.92. The Labute approximate surface area is 182 Å². The number of halogens is 2. The lowest BCUT2D eigenvalue weighted by atomic mass is 10.0. The molecule has 2 heterocycles. The van der Waals surface area contributed by atoms with E-state index in [-0.39, 0.29) is 12.5 Å². The molecule has 0 fully saturated rings. The van der Waals surface area contributed by atoms with Gasteiger partial charge in [-0.15, -0.1) is 0 Å². The molecule has 0 aliphatic carbocycles. The summed E-state index contributed by atoms with van der Waals surface area (Å²) in [5.41, 5.74) is 8.41. The smallest absolute Gasteiger partial charge is 0.265 e. The highest BCUT2D eigenvalue weighted by molar-refractivity contribution is 5.98. The maximum Gasteiger partial charge on any atom is 0.265 e. The fraction of sp³-hybridized carbons (Fsp3) is 0.174. The van der Waals surface area contributed by atoms with Crippen LogP contribution in [0.25, 0.3) is 22.0 Å². The van der Waals surface area contributed by atoms with Crippen molar-refractivity contribution < 1.29 is 18.6 Å². The Hall–Kier alpha value is -3.85. The summed E-state index contributed by atoms with van der Waals surface area (Å²) in [6.45, 7) is 1.63. The lowest BCUT2D eigenvalue weighted by Crippen LogP contribution is -2.26. The number of aryl methyl sites for hydroxylation is 1. The number of aliphatic hydroxyl groups is 1. The zero-order chi connectivity index (χ0) is 22.7. The maximum absolute atomic E-state index is 12.7. The Morgan fingerprint density at radius 3 is 2.66 bits per heavy atom. The summed E-state index contributed by atoms with van der Waals surface area (Å²) in [7, 11) is 0. The molecule has 2 aromatic heterocycles. The van der Waals surface area contributed by atoms with Crippen LogP contribution in [0.3, 0.4) is 0 Å². The highest BCUT2D eigenvalue weighted by Gasteiger charge is 2.18. The van der Waals surface area contributed by atoms with Crippen molar-refractivity contribution in [2.24, 2.45) is 0 Å². The Morgan fingerprint density at radius 2 is 1.88 bits per heavy atom. The number of hydrogen-bond donors (Lipinski definition) is 3. The van der Waals surface area contributed by atoms with Gasteiger partial charge in [-0.1, -0.05) is 24.3 Å². The van der Waals surface area contributed by atoms with E-state index in [0.29, 0.717) is 28.6 Å². The second-order valence-electron chi connectivity index (χ2n) is 7.15. The van der Waals surface area contributed by atoms with E-state index in [1.165, 1.54) is 0 Å². The molecule has 0 saturated heterocycles. The van der Waals surface area contributed by atoms with Gasteiger partial charge in [0, 0.05) is 35.4 Å². The summed E-state index contributed by atoms with van der Waals surface area (Å²) < 4.78 is 31.6. The Kier molecular flexibility index (Phi) is 6.09. The summed E-state index contributed by atoms with van der Waals surface area (Å²) >= 11 is 0. The van der Waals surface area contributed by atoms with Crippen molar-refractivity contribution in [2.75, 3.05) is 17.6 Å². The number of aliphatic hydroxyl groups excluding tert-OH is 1.